The molecular weight excluding hydrogens is 527 g/mol. The average Bonchev–Trinajstić information content (AvgIpc) is 2.99. The van der Waals surface area contributed by atoms with E-state index >= 15 is 0 Å². The maximum absolute atomic E-state index is 13.7. The molecule has 0 saturated heterocycles. The molecule has 6 nitrogen and oxygen atoms in total. The molecule has 3 saturated carbocycles. The smallest absolute Gasteiger partial charge is 0.366 e. The molecule has 1 aliphatic heterocycles. The van der Waals surface area contributed by atoms with Gasteiger partial charge in [0, 0.05) is 35.4 Å². The Morgan fingerprint density at radius 2 is 1.70 bits per heavy atom. The van der Waals surface area contributed by atoms with E-state index in [2.05, 4.69) is 10.3 Å². The van der Waals surface area contributed by atoms with Gasteiger partial charge in [-0.25, -0.2) is 8.42 Å². The second-order valence-electron chi connectivity index (χ2n) is 12.4. The standard InChI is InChI=1S/C26H35ClF3N3O3S/c1-22(2,3)37(35,36)33(13-17-8-10-18(27)11-9-17)25-14-24(15-25,16-25)21-31-20(23(4,5)32-21)19(34)7-6-12-26(28,29)30/h8-11,20H,6-7,12-16H2,1-5H3,(H,31,32)/t20-,24?,25?/m0/s1. The Kier molecular flexibility index (Phi) is 6.86. The molecular formula is C26H35ClF3N3O3S. The molecule has 0 spiro atoms. The fraction of sp³-hybridized carbons (Fsp3) is 0.692. The highest BCUT2D eigenvalue weighted by Gasteiger charge is 2.75. The Labute approximate surface area is 222 Å². The average molecular weight is 562 g/mol. The molecule has 0 unspecified atom stereocenters. The summed E-state index contributed by atoms with van der Waals surface area (Å²) in [6.45, 7) is 8.97. The summed E-state index contributed by atoms with van der Waals surface area (Å²) in [4.78, 5) is 17.4. The van der Waals surface area contributed by atoms with Crippen LogP contribution in [0.25, 0.3) is 0 Å². The fourth-order valence-electron chi connectivity index (χ4n) is 5.88. The van der Waals surface area contributed by atoms with E-state index in [0.717, 1.165) is 5.56 Å². The van der Waals surface area contributed by atoms with Gasteiger partial charge in [-0.05, 0) is 78.0 Å². The van der Waals surface area contributed by atoms with Gasteiger partial charge in [-0.2, -0.15) is 17.5 Å². The lowest BCUT2D eigenvalue weighted by Crippen LogP contribution is -2.79. The lowest BCUT2D eigenvalue weighted by atomic mass is 9.38. The van der Waals surface area contributed by atoms with Crippen LogP contribution in [0.3, 0.4) is 0 Å². The van der Waals surface area contributed by atoms with E-state index in [1.165, 1.54) is 0 Å². The lowest BCUT2D eigenvalue weighted by molar-refractivity contribution is -0.151. The maximum atomic E-state index is 13.7. The molecule has 1 N–H and O–H groups in total. The summed E-state index contributed by atoms with van der Waals surface area (Å²) in [5.41, 5.74) is -0.745. The second kappa shape index (κ2) is 8.95. The molecule has 1 heterocycles. The zero-order valence-electron chi connectivity index (χ0n) is 21.9. The number of carbonyl (C=O) groups is 1. The SMILES string of the molecule is CC1(C)NC(C23CC(N(Cc4ccc(Cl)cc4)S(=O)(=O)C(C)(C)C)(C2)C3)=N[C@H]1C(=O)CCCC(F)(F)F. The van der Waals surface area contributed by atoms with Crippen molar-refractivity contribution in [3.63, 3.8) is 0 Å². The van der Waals surface area contributed by atoms with Crippen molar-refractivity contribution in [2.75, 3.05) is 0 Å². The van der Waals surface area contributed by atoms with Gasteiger partial charge in [0.25, 0.3) is 0 Å². The van der Waals surface area contributed by atoms with E-state index in [1.807, 2.05) is 26.0 Å². The van der Waals surface area contributed by atoms with Gasteiger partial charge in [0.05, 0.1) is 10.3 Å². The Morgan fingerprint density at radius 3 is 2.22 bits per heavy atom. The number of benzene rings is 1. The summed E-state index contributed by atoms with van der Waals surface area (Å²) in [7, 11) is -3.65. The van der Waals surface area contributed by atoms with Crippen LogP contribution < -0.4 is 5.32 Å². The number of amidine groups is 1. The topological polar surface area (TPSA) is 78.8 Å². The molecule has 37 heavy (non-hydrogen) atoms. The molecule has 0 aromatic heterocycles. The number of sulfonamides is 1. The van der Waals surface area contributed by atoms with E-state index < -0.39 is 44.5 Å². The normalized spacial score (nSPS) is 28.8. The first-order chi connectivity index (χ1) is 16.8. The molecule has 206 valence electrons. The summed E-state index contributed by atoms with van der Waals surface area (Å²) in [5.74, 6) is 0.367. The third-order valence-corrected chi connectivity index (χ3v) is 10.8. The van der Waals surface area contributed by atoms with Gasteiger partial charge in [-0.15, -0.1) is 0 Å². The number of ketones is 1. The van der Waals surface area contributed by atoms with Crippen molar-refractivity contribution in [2.24, 2.45) is 10.4 Å². The van der Waals surface area contributed by atoms with Gasteiger partial charge < -0.3 is 5.32 Å². The summed E-state index contributed by atoms with van der Waals surface area (Å²) in [6, 6.07) is 6.38. The van der Waals surface area contributed by atoms with Gasteiger partial charge >= 0.3 is 6.18 Å². The molecule has 2 bridgehead atoms. The number of nitrogens with one attached hydrogen (secondary N) is 1. The van der Waals surface area contributed by atoms with Crippen LogP contribution in [0.2, 0.25) is 5.02 Å². The van der Waals surface area contributed by atoms with Crippen LogP contribution in [0, 0.1) is 5.41 Å². The van der Waals surface area contributed by atoms with Gasteiger partial charge in [0.2, 0.25) is 10.0 Å². The summed E-state index contributed by atoms with van der Waals surface area (Å²) < 4.78 is 65.5. The van der Waals surface area contributed by atoms with Crippen molar-refractivity contribution in [3.05, 3.63) is 34.9 Å². The van der Waals surface area contributed by atoms with Crippen LogP contribution in [0.5, 0.6) is 0 Å². The van der Waals surface area contributed by atoms with Crippen molar-refractivity contribution >= 4 is 33.2 Å². The van der Waals surface area contributed by atoms with Crippen molar-refractivity contribution in [1.82, 2.24) is 9.62 Å². The molecule has 3 aliphatic carbocycles. The van der Waals surface area contributed by atoms with Gasteiger partial charge in [-0.1, -0.05) is 23.7 Å². The summed E-state index contributed by atoms with van der Waals surface area (Å²) in [6.07, 6.45) is -3.96. The Bertz CT molecular complexity index is 1180. The van der Waals surface area contributed by atoms with Crippen LogP contribution in [-0.4, -0.2) is 52.4 Å². The van der Waals surface area contributed by atoms with Crippen LogP contribution in [0.4, 0.5) is 13.2 Å². The zero-order chi connectivity index (χ0) is 27.7. The van der Waals surface area contributed by atoms with Crippen molar-refractivity contribution in [1.29, 1.82) is 0 Å². The minimum Gasteiger partial charge on any atom is -0.366 e. The molecule has 1 aromatic rings. The largest absolute Gasteiger partial charge is 0.389 e. The Hall–Kier alpha value is -1.65. The van der Waals surface area contributed by atoms with E-state index in [-0.39, 0.29) is 30.6 Å². The van der Waals surface area contributed by atoms with Crippen molar-refractivity contribution in [3.8, 4) is 0 Å². The number of carbonyl (C=O) groups excluding carboxylic acids is 1. The fourth-order valence-corrected chi connectivity index (χ4v) is 7.69. The van der Waals surface area contributed by atoms with E-state index in [4.69, 9.17) is 11.6 Å². The van der Waals surface area contributed by atoms with Crippen molar-refractivity contribution < 1.29 is 26.4 Å². The monoisotopic (exact) mass is 561 g/mol. The van der Waals surface area contributed by atoms with Gasteiger partial charge in [-0.3, -0.25) is 9.79 Å². The van der Waals surface area contributed by atoms with E-state index in [9.17, 15) is 26.4 Å². The van der Waals surface area contributed by atoms with Crippen LogP contribution in [0.1, 0.15) is 78.7 Å². The summed E-state index contributed by atoms with van der Waals surface area (Å²) in [5, 5.41) is 3.93. The number of alkyl halides is 3. The first-order valence-electron chi connectivity index (χ1n) is 12.5. The highest BCUT2D eigenvalue weighted by Crippen LogP contribution is 2.71. The maximum Gasteiger partial charge on any atom is 0.389 e. The van der Waals surface area contributed by atoms with Gasteiger partial charge in [0.15, 0.2) is 5.78 Å². The number of halogens is 4. The predicted molar refractivity (Wildman–Crippen MR) is 138 cm³/mol. The molecule has 4 aliphatic rings. The highest BCUT2D eigenvalue weighted by atomic mass is 35.5. The third kappa shape index (κ3) is 5.17. The minimum atomic E-state index is -4.29. The van der Waals surface area contributed by atoms with Crippen LogP contribution in [-0.2, 0) is 21.4 Å². The molecule has 1 aromatic carbocycles. The number of nitrogens with zero attached hydrogens (tertiary/aromatic N) is 2. The first kappa shape index (κ1) is 28.4. The Morgan fingerprint density at radius 1 is 1.14 bits per heavy atom. The highest BCUT2D eigenvalue weighted by molar-refractivity contribution is 7.90. The second-order valence-corrected chi connectivity index (χ2v) is 15.5. The lowest BCUT2D eigenvalue weighted by Gasteiger charge is -2.73. The zero-order valence-corrected chi connectivity index (χ0v) is 23.4. The van der Waals surface area contributed by atoms with E-state index in [0.29, 0.717) is 30.1 Å². The van der Waals surface area contributed by atoms with Crippen molar-refractivity contribution in [2.45, 2.75) is 108 Å². The molecule has 0 radical (unpaired) electrons. The molecule has 11 heteroatoms. The van der Waals surface area contributed by atoms with Crippen LogP contribution >= 0.6 is 11.6 Å². The molecule has 5 rings (SSSR count). The number of aliphatic imine (C=N–C) groups is 1. The number of Topliss-reactive ketones (excluding diaryl/α,β-unsaturated/α-hetero) is 1. The van der Waals surface area contributed by atoms with Gasteiger partial charge in [0.1, 0.15) is 11.9 Å². The minimum absolute atomic E-state index is 0.179. The third-order valence-electron chi connectivity index (χ3n) is 7.91. The molecule has 3 fully saturated rings. The number of rotatable bonds is 9. The van der Waals surface area contributed by atoms with E-state index in [1.54, 1.807) is 37.2 Å². The number of hydrogen-bond acceptors (Lipinski definition) is 5. The number of hydrogen-bond donors (Lipinski definition) is 1. The predicted octanol–water partition coefficient (Wildman–Crippen LogP) is 5.64. The quantitative estimate of drug-likeness (QED) is 0.423. The molecule has 0 amide bonds. The Balaban J connectivity index is 1.51. The first-order valence-corrected chi connectivity index (χ1v) is 14.4. The van der Waals surface area contributed by atoms with Crippen LogP contribution in [0.15, 0.2) is 29.3 Å². The summed E-state index contributed by atoms with van der Waals surface area (Å²) >= 11 is 6.02. The molecule has 1 atom stereocenters.